The molecule has 0 radical (unpaired) electrons. The summed E-state index contributed by atoms with van der Waals surface area (Å²) >= 11 is 0. The fourth-order valence-corrected chi connectivity index (χ4v) is 4.03. The summed E-state index contributed by atoms with van der Waals surface area (Å²) in [5, 5.41) is 0. The third kappa shape index (κ3) is 2.12. The van der Waals surface area contributed by atoms with Gasteiger partial charge in [-0.1, -0.05) is 48.5 Å². The zero-order valence-electron chi connectivity index (χ0n) is 11.5. The van der Waals surface area contributed by atoms with Gasteiger partial charge < -0.3 is 0 Å². The first-order valence-corrected chi connectivity index (χ1v) is 8.16. The Kier molecular flexibility index (Phi) is 2.97. The topological polar surface area (TPSA) is 17.1 Å². The quantitative estimate of drug-likeness (QED) is 0.534. The monoisotopic (exact) mass is 290 g/mol. The maximum atomic E-state index is 12.6. The van der Waals surface area contributed by atoms with Gasteiger partial charge in [0.15, 0.2) is 0 Å². The molecule has 1 nitrogen and oxygen atoms in total. The summed E-state index contributed by atoms with van der Waals surface area (Å²) in [6, 6.07) is 24.3. The van der Waals surface area contributed by atoms with Crippen molar-refractivity contribution in [3.05, 3.63) is 83.9 Å². The zero-order valence-corrected chi connectivity index (χ0v) is 12.3. The van der Waals surface area contributed by atoms with E-state index in [0.29, 0.717) is 0 Å². The highest BCUT2D eigenvalue weighted by Crippen LogP contribution is 2.37. The van der Waals surface area contributed by atoms with Gasteiger partial charge in [0.05, 0.1) is 10.8 Å². The van der Waals surface area contributed by atoms with Crippen LogP contribution < -0.4 is 0 Å². The molecule has 0 fully saturated rings. The summed E-state index contributed by atoms with van der Waals surface area (Å²) in [6.07, 6.45) is 0.936. The molecule has 0 amide bonds. The Balaban J connectivity index is 1.75. The molecule has 1 aliphatic rings. The van der Waals surface area contributed by atoms with E-state index in [9.17, 15) is 4.21 Å². The Labute approximate surface area is 126 Å². The van der Waals surface area contributed by atoms with Gasteiger partial charge in [0, 0.05) is 9.79 Å². The van der Waals surface area contributed by atoms with Crippen LogP contribution in [0.2, 0.25) is 0 Å². The number of rotatable bonds is 2. The molecule has 0 aromatic heterocycles. The van der Waals surface area contributed by atoms with E-state index in [-0.39, 0.29) is 0 Å². The van der Waals surface area contributed by atoms with E-state index < -0.39 is 10.8 Å². The SMILES string of the molecule is O=S(c1ccccc1)c1ccc2c(c1)Cc1ccccc1-2. The molecule has 0 saturated heterocycles. The lowest BCUT2D eigenvalue weighted by molar-refractivity contribution is 0.683. The van der Waals surface area contributed by atoms with Crippen molar-refractivity contribution in [1.82, 2.24) is 0 Å². The highest BCUT2D eigenvalue weighted by molar-refractivity contribution is 7.85. The third-order valence-corrected chi connectivity index (χ3v) is 5.32. The van der Waals surface area contributed by atoms with Crippen LogP contribution in [-0.2, 0) is 17.2 Å². The molecule has 0 spiro atoms. The molecule has 0 saturated carbocycles. The van der Waals surface area contributed by atoms with Gasteiger partial charge in [-0.25, -0.2) is 4.21 Å². The first-order valence-electron chi connectivity index (χ1n) is 7.01. The molecule has 21 heavy (non-hydrogen) atoms. The van der Waals surface area contributed by atoms with Crippen LogP contribution in [0.25, 0.3) is 11.1 Å². The van der Waals surface area contributed by atoms with Crippen molar-refractivity contribution >= 4 is 10.8 Å². The van der Waals surface area contributed by atoms with E-state index >= 15 is 0 Å². The van der Waals surface area contributed by atoms with Gasteiger partial charge in [-0.05, 0) is 52.9 Å². The maximum absolute atomic E-state index is 12.6. The first-order chi connectivity index (χ1) is 10.3. The molecule has 4 rings (SSSR count). The minimum Gasteiger partial charge on any atom is -0.249 e. The molecule has 1 atom stereocenters. The van der Waals surface area contributed by atoms with Gasteiger partial charge in [-0.3, -0.25) is 0 Å². The molecule has 0 aliphatic heterocycles. The van der Waals surface area contributed by atoms with Crippen molar-refractivity contribution < 1.29 is 4.21 Å². The van der Waals surface area contributed by atoms with Crippen LogP contribution in [0.5, 0.6) is 0 Å². The van der Waals surface area contributed by atoms with E-state index in [2.05, 4.69) is 36.4 Å². The van der Waals surface area contributed by atoms with Gasteiger partial charge in [0.25, 0.3) is 0 Å². The van der Waals surface area contributed by atoms with Crippen molar-refractivity contribution in [3.63, 3.8) is 0 Å². The fraction of sp³-hybridized carbons (Fsp3) is 0.0526. The highest BCUT2D eigenvalue weighted by Gasteiger charge is 2.19. The van der Waals surface area contributed by atoms with Crippen LogP contribution >= 0.6 is 0 Å². The van der Waals surface area contributed by atoms with Gasteiger partial charge in [0.2, 0.25) is 0 Å². The summed E-state index contributed by atoms with van der Waals surface area (Å²) in [7, 11) is -1.10. The predicted octanol–water partition coefficient (Wildman–Crippen LogP) is 4.42. The lowest BCUT2D eigenvalue weighted by atomic mass is 10.1. The van der Waals surface area contributed by atoms with Crippen LogP contribution in [0, 0.1) is 0 Å². The van der Waals surface area contributed by atoms with Crippen molar-refractivity contribution in [2.45, 2.75) is 16.2 Å². The minimum atomic E-state index is -1.10. The minimum absolute atomic E-state index is 0.855. The van der Waals surface area contributed by atoms with Crippen LogP contribution in [0.1, 0.15) is 11.1 Å². The van der Waals surface area contributed by atoms with E-state index in [4.69, 9.17) is 0 Å². The number of fused-ring (bicyclic) bond motifs is 3. The lowest BCUT2D eigenvalue weighted by Crippen LogP contribution is -1.94. The van der Waals surface area contributed by atoms with Crippen molar-refractivity contribution in [2.75, 3.05) is 0 Å². The average molecular weight is 290 g/mol. The van der Waals surface area contributed by atoms with Crippen molar-refractivity contribution in [1.29, 1.82) is 0 Å². The van der Waals surface area contributed by atoms with Crippen molar-refractivity contribution in [3.8, 4) is 11.1 Å². The molecular formula is C19H14OS. The van der Waals surface area contributed by atoms with Crippen molar-refractivity contribution in [2.24, 2.45) is 0 Å². The fourth-order valence-electron chi connectivity index (χ4n) is 2.92. The molecule has 3 aromatic rings. The lowest BCUT2D eigenvalue weighted by Gasteiger charge is -2.05. The second-order valence-electron chi connectivity index (χ2n) is 5.23. The molecule has 1 aliphatic carbocycles. The summed E-state index contributed by atoms with van der Waals surface area (Å²) in [4.78, 5) is 1.74. The highest BCUT2D eigenvalue weighted by atomic mass is 32.2. The van der Waals surface area contributed by atoms with Crippen LogP contribution in [0.15, 0.2) is 82.6 Å². The van der Waals surface area contributed by atoms with Gasteiger partial charge in [-0.15, -0.1) is 0 Å². The average Bonchev–Trinajstić information content (AvgIpc) is 2.92. The molecule has 0 N–H and O–H groups in total. The summed E-state index contributed by atoms with van der Waals surface area (Å²) in [5.74, 6) is 0. The van der Waals surface area contributed by atoms with E-state index in [1.807, 2.05) is 36.4 Å². The van der Waals surface area contributed by atoms with E-state index in [1.165, 1.54) is 22.3 Å². The van der Waals surface area contributed by atoms with Crippen LogP contribution in [0.4, 0.5) is 0 Å². The second kappa shape index (κ2) is 4.97. The predicted molar refractivity (Wildman–Crippen MR) is 85.8 cm³/mol. The largest absolute Gasteiger partial charge is 0.249 e. The summed E-state index contributed by atoms with van der Waals surface area (Å²) in [5.41, 5.74) is 5.22. The van der Waals surface area contributed by atoms with Gasteiger partial charge in [-0.2, -0.15) is 0 Å². The third-order valence-electron chi connectivity index (χ3n) is 3.94. The summed E-state index contributed by atoms with van der Waals surface area (Å²) < 4.78 is 12.6. The second-order valence-corrected chi connectivity index (χ2v) is 6.71. The Morgan fingerprint density at radius 2 is 1.38 bits per heavy atom. The smallest absolute Gasteiger partial charge is 0.0849 e. The molecule has 0 bridgehead atoms. The van der Waals surface area contributed by atoms with E-state index in [1.54, 1.807) is 0 Å². The maximum Gasteiger partial charge on any atom is 0.0849 e. The molecule has 1 unspecified atom stereocenters. The molecule has 0 heterocycles. The number of hydrogen-bond acceptors (Lipinski definition) is 1. The molecule has 3 aromatic carbocycles. The number of benzene rings is 3. The Morgan fingerprint density at radius 1 is 0.667 bits per heavy atom. The Morgan fingerprint density at radius 3 is 2.24 bits per heavy atom. The number of hydrogen-bond donors (Lipinski definition) is 0. The van der Waals surface area contributed by atoms with Gasteiger partial charge >= 0.3 is 0 Å². The zero-order chi connectivity index (χ0) is 14.2. The van der Waals surface area contributed by atoms with Crippen LogP contribution in [-0.4, -0.2) is 4.21 Å². The Bertz CT molecular complexity index is 837. The Hall–Kier alpha value is -2.19. The normalized spacial score (nSPS) is 13.5. The molecule has 102 valence electrons. The van der Waals surface area contributed by atoms with Gasteiger partial charge in [0.1, 0.15) is 0 Å². The van der Waals surface area contributed by atoms with Crippen LogP contribution in [0.3, 0.4) is 0 Å². The standard InChI is InChI=1S/C19H14OS/c20-21(16-7-2-1-3-8-16)17-10-11-19-15(13-17)12-14-6-4-5-9-18(14)19/h1-11,13H,12H2. The summed E-state index contributed by atoms with van der Waals surface area (Å²) in [6.45, 7) is 0. The molecular weight excluding hydrogens is 276 g/mol. The van der Waals surface area contributed by atoms with E-state index in [0.717, 1.165) is 16.2 Å². The first kappa shape index (κ1) is 12.5. The molecule has 2 heteroatoms.